The van der Waals surface area contributed by atoms with Gasteiger partial charge in [0.2, 0.25) is 0 Å². The van der Waals surface area contributed by atoms with Gasteiger partial charge in [0.25, 0.3) is 11.8 Å². The highest BCUT2D eigenvalue weighted by molar-refractivity contribution is 5.98. The van der Waals surface area contributed by atoms with Crippen molar-refractivity contribution in [1.82, 2.24) is 21.0 Å². The molecule has 3 rings (SSSR count). The fraction of sp³-hybridized carbons (Fsp3) is 0.0667. The Labute approximate surface area is 130 Å². The Morgan fingerprint density at radius 3 is 2.39 bits per heavy atom. The standard InChI is InChI=1S/C15H12N4O4/c1-9-16-15(23-19-9)11-6-4-10(5-7-11)13(20)17-18-14(21)12-3-2-8-22-12/h2-8H,1H3,(H,17,20)(H,18,21). The molecule has 0 fully saturated rings. The van der Waals surface area contributed by atoms with Crippen molar-refractivity contribution < 1.29 is 18.5 Å². The maximum Gasteiger partial charge on any atom is 0.305 e. The average Bonchev–Trinajstić information content (AvgIpc) is 3.24. The van der Waals surface area contributed by atoms with Crippen molar-refractivity contribution in [1.29, 1.82) is 0 Å². The van der Waals surface area contributed by atoms with Gasteiger partial charge in [0.1, 0.15) is 0 Å². The van der Waals surface area contributed by atoms with Gasteiger partial charge >= 0.3 is 5.91 Å². The van der Waals surface area contributed by atoms with Gasteiger partial charge in [0, 0.05) is 11.1 Å². The summed E-state index contributed by atoms with van der Waals surface area (Å²) in [7, 11) is 0. The third kappa shape index (κ3) is 3.26. The van der Waals surface area contributed by atoms with Crippen molar-refractivity contribution in [2.45, 2.75) is 6.92 Å². The molecule has 0 aliphatic carbocycles. The molecule has 0 unspecified atom stereocenters. The van der Waals surface area contributed by atoms with Crippen LogP contribution in [-0.4, -0.2) is 22.0 Å². The highest BCUT2D eigenvalue weighted by atomic mass is 16.5. The lowest BCUT2D eigenvalue weighted by atomic mass is 10.1. The summed E-state index contributed by atoms with van der Waals surface area (Å²) in [5.74, 6) is 0.00919. The zero-order valence-corrected chi connectivity index (χ0v) is 12.1. The van der Waals surface area contributed by atoms with E-state index in [0.29, 0.717) is 22.8 Å². The summed E-state index contributed by atoms with van der Waals surface area (Å²) in [6.07, 6.45) is 1.37. The number of nitrogens with one attached hydrogen (secondary N) is 2. The van der Waals surface area contributed by atoms with Crippen molar-refractivity contribution in [2.75, 3.05) is 0 Å². The molecule has 3 aromatic rings. The number of rotatable bonds is 3. The fourth-order valence-corrected chi connectivity index (χ4v) is 1.83. The van der Waals surface area contributed by atoms with E-state index in [1.807, 2.05) is 0 Å². The van der Waals surface area contributed by atoms with Crippen LogP contribution >= 0.6 is 0 Å². The summed E-state index contributed by atoms with van der Waals surface area (Å²) in [6.45, 7) is 1.72. The monoisotopic (exact) mass is 312 g/mol. The Balaban J connectivity index is 1.62. The molecule has 0 spiro atoms. The smallest absolute Gasteiger partial charge is 0.305 e. The third-order valence-electron chi connectivity index (χ3n) is 2.96. The zero-order valence-electron chi connectivity index (χ0n) is 12.1. The van der Waals surface area contributed by atoms with Gasteiger partial charge < -0.3 is 8.94 Å². The SMILES string of the molecule is Cc1noc(-c2ccc(C(=O)NNC(=O)c3ccco3)cc2)n1. The Bertz CT molecular complexity index is 822. The van der Waals surface area contributed by atoms with Gasteiger partial charge in [-0.1, -0.05) is 5.16 Å². The van der Waals surface area contributed by atoms with Gasteiger partial charge in [0.15, 0.2) is 11.6 Å². The van der Waals surface area contributed by atoms with Gasteiger partial charge in [-0.2, -0.15) is 4.98 Å². The van der Waals surface area contributed by atoms with Crippen LogP contribution in [0.2, 0.25) is 0 Å². The van der Waals surface area contributed by atoms with Crippen LogP contribution in [0.1, 0.15) is 26.7 Å². The van der Waals surface area contributed by atoms with Crippen molar-refractivity contribution >= 4 is 11.8 Å². The predicted molar refractivity (Wildman–Crippen MR) is 78.1 cm³/mol. The van der Waals surface area contributed by atoms with Crippen molar-refractivity contribution in [3.8, 4) is 11.5 Å². The lowest BCUT2D eigenvalue weighted by Gasteiger charge is -2.06. The molecule has 2 N–H and O–H groups in total. The number of hydrogen-bond donors (Lipinski definition) is 2. The molecule has 0 saturated carbocycles. The second-order valence-electron chi connectivity index (χ2n) is 4.61. The summed E-state index contributed by atoms with van der Waals surface area (Å²) in [5, 5.41) is 3.70. The van der Waals surface area contributed by atoms with Crippen molar-refractivity contribution in [3.63, 3.8) is 0 Å². The molecule has 2 heterocycles. The average molecular weight is 312 g/mol. The van der Waals surface area contributed by atoms with Crippen LogP contribution < -0.4 is 10.9 Å². The zero-order chi connectivity index (χ0) is 16.2. The summed E-state index contributed by atoms with van der Waals surface area (Å²) >= 11 is 0. The van der Waals surface area contributed by atoms with Crippen LogP contribution in [0.5, 0.6) is 0 Å². The van der Waals surface area contributed by atoms with E-state index in [-0.39, 0.29) is 5.76 Å². The molecule has 116 valence electrons. The van der Waals surface area contributed by atoms with Crippen LogP contribution in [0.4, 0.5) is 0 Å². The van der Waals surface area contributed by atoms with E-state index in [2.05, 4.69) is 21.0 Å². The first kappa shape index (κ1) is 14.5. The number of carbonyl (C=O) groups excluding carboxylic acids is 2. The lowest BCUT2D eigenvalue weighted by molar-refractivity contribution is 0.0831. The van der Waals surface area contributed by atoms with Gasteiger partial charge in [-0.3, -0.25) is 20.4 Å². The minimum absolute atomic E-state index is 0.104. The summed E-state index contributed by atoms with van der Waals surface area (Å²) < 4.78 is 9.96. The molecule has 2 aromatic heterocycles. The molecular weight excluding hydrogens is 300 g/mol. The van der Waals surface area contributed by atoms with Crippen LogP contribution in [0.15, 0.2) is 51.6 Å². The molecule has 2 amide bonds. The van der Waals surface area contributed by atoms with E-state index >= 15 is 0 Å². The molecule has 8 heteroatoms. The molecule has 8 nitrogen and oxygen atoms in total. The van der Waals surface area contributed by atoms with Crippen LogP contribution in [0.3, 0.4) is 0 Å². The highest BCUT2D eigenvalue weighted by Gasteiger charge is 2.12. The number of nitrogens with zero attached hydrogens (tertiary/aromatic N) is 2. The van der Waals surface area contributed by atoms with Gasteiger partial charge in [-0.05, 0) is 43.3 Å². The maximum absolute atomic E-state index is 12.0. The Kier molecular flexibility index (Phi) is 3.88. The minimum Gasteiger partial charge on any atom is -0.459 e. The number of benzene rings is 1. The van der Waals surface area contributed by atoms with Crippen LogP contribution in [0, 0.1) is 6.92 Å². The first-order valence-electron chi connectivity index (χ1n) is 6.68. The van der Waals surface area contributed by atoms with E-state index in [4.69, 9.17) is 8.94 Å². The van der Waals surface area contributed by atoms with Crippen LogP contribution in [0.25, 0.3) is 11.5 Å². The van der Waals surface area contributed by atoms with E-state index in [1.165, 1.54) is 12.3 Å². The number of amides is 2. The van der Waals surface area contributed by atoms with Gasteiger partial charge in [-0.25, -0.2) is 0 Å². The number of hydrazine groups is 1. The molecule has 1 aromatic carbocycles. The van der Waals surface area contributed by atoms with Gasteiger partial charge in [0.05, 0.1) is 6.26 Å². The van der Waals surface area contributed by atoms with E-state index in [1.54, 1.807) is 37.3 Å². The Morgan fingerprint density at radius 1 is 1.04 bits per heavy atom. The Morgan fingerprint density at radius 2 is 1.78 bits per heavy atom. The highest BCUT2D eigenvalue weighted by Crippen LogP contribution is 2.17. The number of carbonyl (C=O) groups is 2. The summed E-state index contributed by atoms with van der Waals surface area (Å²) in [4.78, 5) is 27.7. The Hall–Kier alpha value is -3.42. The molecule has 0 aliphatic heterocycles. The lowest BCUT2D eigenvalue weighted by Crippen LogP contribution is -2.41. The maximum atomic E-state index is 12.0. The van der Waals surface area contributed by atoms with E-state index in [0.717, 1.165) is 0 Å². The van der Waals surface area contributed by atoms with E-state index in [9.17, 15) is 9.59 Å². The van der Waals surface area contributed by atoms with Crippen molar-refractivity contribution in [3.05, 3.63) is 59.8 Å². The second kappa shape index (κ2) is 6.14. The summed E-state index contributed by atoms with van der Waals surface area (Å²) in [5.41, 5.74) is 5.62. The quantitative estimate of drug-likeness (QED) is 0.712. The van der Waals surface area contributed by atoms with Crippen LogP contribution in [-0.2, 0) is 0 Å². The number of furan rings is 1. The number of aryl methyl sites for hydroxylation is 1. The first-order chi connectivity index (χ1) is 11.1. The molecule has 0 aliphatic rings. The number of hydrogen-bond acceptors (Lipinski definition) is 6. The fourth-order valence-electron chi connectivity index (χ4n) is 1.83. The first-order valence-corrected chi connectivity index (χ1v) is 6.68. The molecular formula is C15H12N4O4. The molecule has 0 saturated heterocycles. The summed E-state index contributed by atoms with van der Waals surface area (Å²) in [6, 6.07) is 9.59. The second-order valence-corrected chi connectivity index (χ2v) is 4.61. The molecule has 0 bridgehead atoms. The molecule has 0 radical (unpaired) electrons. The van der Waals surface area contributed by atoms with Gasteiger partial charge in [-0.15, -0.1) is 0 Å². The third-order valence-corrected chi connectivity index (χ3v) is 2.96. The molecule has 23 heavy (non-hydrogen) atoms. The minimum atomic E-state index is -0.540. The van der Waals surface area contributed by atoms with E-state index < -0.39 is 11.8 Å². The molecule has 0 atom stereocenters. The predicted octanol–water partition coefficient (Wildman–Crippen LogP) is 1.71. The topological polar surface area (TPSA) is 110 Å². The number of aromatic nitrogens is 2. The van der Waals surface area contributed by atoms with Crippen molar-refractivity contribution in [2.24, 2.45) is 0 Å². The normalized spacial score (nSPS) is 10.3. The largest absolute Gasteiger partial charge is 0.459 e.